The summed E-state index contributed by atoms with van der Waals surface area (Å²) in [6.07, 6.45) is 0. The highest BCUT2D eigenvalue weighted by Gasteiger charge is 2.02. The molecule has 0 amide bonds. The van der Waals surface area contributed by atoms with E-state index in [-0.39, 0.29) is 0 Å². The first kappa shape index (κ1) is 9.95. The molecule has 0 saturated heterocycles. The number of halogens is 2. The Hall–Kier alpha value is -1.24. The fourth-order valence-corrected chi connectivity index (χ4v) is 2.23. The maximum Gasteiger partial charge on any atom is 0.0563 e. The zero-order valence-electron chi connectivity index (χ0n) is 8.22. The van der Waals surface area contributed by atoms with Crippen molar-refractivity contribution in [2.75, 3.05) is 0 Å². The lowest BCUT2D eigenvalue weighted by atomic mass is 10.0. The largest absolute Gasteiger partial charge is 0.0836 e. The number of rotatable bonds is 0. The van der Waals surface area contributed by atoms with E-state index in [0.717, 1.165) is 21.5 Å². The van der Waals surface area contributed by atoms with Crippen molar-refractivity contribution in [2.24, 2.45) is 0 Å². The Balaban J connectivity index is 2.49. The van der Waals surface area contributed by atoms with Gasteiger partial charge in [-0.3, -0.25) is 0 Å². The summed E-state index contributed by atoms with van der Waals surface area (Å²) in [6.45, 7) is 0. The zero-order chi connectivity index (χ0) is 11.1. The SMILES string of the molecule is Clc1[c]cc2cc3cc[c]c(Cl)c3cc2c1. The van der Waals surface area contributed by atoms with Gasteiger partial charge in [0.25, 0.3) is 0 Å². The molecule has 0 atom stereocenters. The van der Waals surface area contributed by atoms with Crippen LogP contribution < -0.4 is 0 Å². The maximum atomic E-state index is 6.10. The van der Waals surface area contributed by atoms with Gasteiger partial charge in [0.1, 0.15) is 0 Å². The Morgan fingerprint density at radius 1 is 0.875 bits per heavy atom. The predicted molar refractivity (Wildman–Crippen MR) is 69.1 cm³/mol. The lowest BCUT2D eigenvalue weighted by Gasteiger charge is -2.03. The van der Waals surface area contributed by atoms with E-state index in [1.165, 1.54) is 0 Å². The molecule has 0 aliphatic heterocycles. The van der Waals surface area contributed by atoms with Crippen molar-refractivity contribution in [1.82, 2.24) is 0 Å². The van der Waals surface area contributed by atoms with Gasteiger partial charge in [-0.15, -0.1) is 0 Å². The minimum atomic E-state index is 0.614. The van der Waals surface area contributed by atoms with E-state index in [1.54, 1.807) is 0 Å². The summed E-state index contributed by atoms with van der Waals surface area (Å²) in [7, 11) is 0. The summed E-state index contributed by atoms with van der Waals surface area (Å²) < 4.78 is 0. The molecule has 76 valence electrons. The lowest BCUT2D eigenvalue weighted by Crippen LogP contribution is -1.78. The molecule has 3 aromatic rings. The van der Waals surface area contributed by atoms with Crippen LogP contribution in [0, 0.1) is 12.1 Å². The van der Waals surface area contributed by atoms with E-state index in [0.29, 0.717) is 10.0 Å². The van der Waals surface area contributed by atoms with Crippen molar-refractivity contribution in [2.45, 2.75) is 0 Å². The van der Waals surface area contributed by atoms with Crippen LogP contribution in [-0.2, 0) is 0 Å². The molecule has 0 aromatic heterocycles. The molecule has 0 unspecified atom stereocenters. The molecule has 0 fully saturated rings. The van der Waals surface area contributed by atoms with E-state index in [1.807, 2.05) is 30.3 Å². The van der Waals surface area contributed by atoms with Gasteiger partial charge in [-0.05, 0) is 40.4 Å². The predicted octanol–water partition coefficient (Wildman–Crippen LogP) is 4.90. The third kappa shape index (κ3) is 1.55. The van der Waals surface area contributed by atoms with Crippen molar-refractivity contribution in [3.63, 3.8) is 0 Å². The van der Waals surface area contributed by atoms with Gasteiger partial charge in [0.2, 0.25) is 0 Å². The summed E-state index contributed by atoms with van der Waals surface area (Å²) >= 11 is 12.0. The highest BCUT2D eigenvalue weighted by atomic mass is 35.5. The highest BCUT2D eigenvalue weighted by molar-refractivity contribution is 6.36. The van der Waals surface area contributed by atoms with Crippen LogP contribution in [0.25, 0.3) is 21.5 Å². The number of hydrogen-bond donors (Lipinski definition) is 0. The van der Waals surface area contributed by atoms with E-state index >= 15 is 0 Å². The second-order valence-corrected chi connectivity index (χ2v) is 4.43. The monoisotopic (exact) mass is 244 g/mol. The zero-order valence-corrected chi connectivity index (χ0v) is 9.73. The lowest BCUT2D eigenvalue weighted by molar-refractivity contribution is 1.74. The Morgan fingerprint density at radius 3 is 2.62 bits per heavy atom. The number of benzene rings is 3. The van der Waals surface area contributed by atoms with Gasteiger partial charge in [-0.2, -0.15) is 0 Å². The molecule has 0 aliphatic carbocycles. The maximum absolute atomic E-state index is 6.10. The fourth-order valence-electron chi connectivity index (χ4n) is 1.84. The first-order valence-electron chi connectivity index (χ1n) is 4.85. The summed E-state index contributed by atoms with van der Waals surface area (Å²) in [5, 5.41) is 5.54. The molecule has 0 N–H and O–H groups in total. The fraction of sp³-hybridized carbons (Fsp3) is 0. The number of fused-ring (bicyclic) bond motifs is 2. The van der Waals surface area contributed by atoms with E-state index in [2.05, 4.69) is 18.2 Å². The Kier molecular flexibility index (Phi) is 2.27. The molecule has 2 heteroatoms. The Bertz CT molecular complexity index is 687. The summed E-state index contributed by atoms with van der Waals surface area (Å²) in [4.78, 5) is 0. The van der Waals surface area contributed by atoms with Gasteiger partial charge in [0, 0.05) is 22.5 Å². The average molecular weight is 245 g/mol. The molecule has 2 radical (unpaired) electrons. The van der Waals surface area contributed by atoms with Crippen molar-refractivity contribution in [1.29, 1.82) is 0 Å². The summed E-state index contributed by atoms with van der Waals surface area (Å²) in [5.74, 6) is 0. The molecule has 3 rings (SSSR count). The molecular weight excluding hydrogens is 239 g/mol. The van der Waals surface area contributed by atoms with Crippen LogP contribution >= 0.6 is 23.2 Å². The van der Waals surface area contributed by atoms with Crippen LogP contribution in [0.4, 0.5) is 0 Å². The van der Waals surface area contributed by atoms with Crippen molar-refractivity contribution in [3.8, 4) is 0 Å². The third-order valence-corrected chi connectivity index (χ3v) is 3.14. The van der Waals surface area contributed by atoms with Crippen LogP contribution in [0.2, 0.25) is 10.0 Å². The first-order valence-corrected chi connectivity index (χ1v) is 5.60. The van der Waals surface area contributed by atoms with Crippen LogP contribution in [0.3, 0.4) is 0 Å². The van der Waals surface area contributed by atoms with Gasteiger partial charge >= 0.3 is 0 Å². The summed E-state index contributed by atoms with van der Waals surface area (Å²) in [5.41, 5.74) is 0. The van der Waals surface area contributed by atoms with Gasteiger partial charge in [-0.25, -0.2) is 0 Å². The van der Waals surface area contributed by atoms with Crippen LogP contribution in [-0.4, -0.2) is 0 Å². The molecule has 0 saturated carbocycles. The van der Waals surface area contributed by atoms with E-state index < -0.39 is 0 Å². The second kappa shape index (κ2) is 3.65. The minimum absolute atomic E-state index is 0.614. The van der Waals surface area contributed by atoms with E-state index in [9.17, 15) is 0 Å². The highest BCUT2D eigenvalue weighted by Crippen LogP contribution is 2.29. The van der Waals surface area contributed by atoms with Crippen LogP contribution in [0.1, 0.15) is 0 Å². The molecule has 3 aromatic carbocycles. The molecule has 0 heterocycles. The minimum Gasteiger partial charge on any atom is -0.0836 e. The third-order valence-electron chi connectivity index (χ3n) is 2.61. The number of hydrogen-bond acceptors (Lipinski definition) is 0. The van der Waals surface area contributed by atoms with Crippen molar-refractivity contribution >= 4 is 44.7 Å². The van der Waals surface area contributed by atoms with Gasteiger partial charge in [-0.1, -0.05) is 35.3 Å². The molecular formula is C14H6Cl2. The van der Waals surface area contributed by atoms with E-state index in [4.69, 9.17) is 23.2 Å². The van der Waals surface area contributed by atoms with Crippen molar-refractivity contribution in [3.05, 3.63) is 58.6 Å². The first-order chi connectivity index (χ1) is 7.74. The van der Waals surface area contributed by atoms with Gasteiger partial charge in [0.05, 0.1) is 5.02 Å². The standard InChI is InChI=1S/C14H6Cl2/c15-12-5-4-9-6-10-2-1-3-14(16)13(10)8-11(9)7-12/h1-2,4,6-8H. The van der Waals surface area contributed by atoms with Gasteiger partial charge < -0.3 is 0 Å². The van der Waals surface area contributed by atoms with Crippen LogP contribution in [0.5, 0.6) is 0 Å². The molecule has 0 bridgehead atoms. The normalized spacial score (nSPS) is 11.1. The Labute approximate surface area is 103 Å². The van der Waals surface area contributed by atoms with Crippen LogP contribution in [0.15, 0.2) is 36.4 Å². The smallest absolute Gasteiger partial charge is 0.0563 e. The van der Waals surface area contributed by atoms with Gasteiger partial charge in [0.15, 0.2) is 0 Å². The summed E-state index contributed by atoms with van der Waals surface area (Å²) in [6, 6.07) is 17.7. The topological polar surface area (TPSA) is 0 Å². The quantitative estimate of drug-likeness (QED) is 0.494. The molecule has 16 heavy (non-hydrogen) atoms. The van der Waals surface area contributed by atoms with Crippen molar-refractivity contribution < 1.29 is 0 Å². The molecule has 0 aliphatic rings. The molecule has 0 nitrogen and oxygen atoms in total. The molecule has 0 spiro atoms. The average Bonchev–Trinajstić information content (AvgIpc) is 2.28. The Morgan fingerprint density at radius 2 is 1.75 bits per heavy atom. The second-order valence-electron chi connectivity index (χ2n) is 3.64.